The van der Waals surface area contributed by atoms with Crippen molar-refractivity contribution in [2.24, 2.45) is 5.73 Å². The fourth-order valence-corrected chi connectivity index (χ4v) is 1.51. The first-order chi connectivity index (χ1) is 8.63. The van der Waals surface area contributed by atoms with Gasteiger partial charge in [0.2, 0.25) is 5.75 Å². The van der Waals surface area contributed by atoms with Crippen LogP contribution in [0, 0.1) is 10.1 Å². The number of nitrogens with two attached hydrogens (primary N) is 1. The molecule has 1 rings (SSSR count). The third-order valence-electron chi connectivity index (χ3n) is 2.49. The highest BCUT2D eigenvalue weighted by molar-refractivity contribution is 5.58. The minimum Gasteiger partial charge on any atom is -0.493 e. The predicted octanol–water partition coefficient (Wildman–Crippen LogP) is 2.24. The molecule has 0 aliphatic carbocycles. The van der Waals surface area contributed by atoms with Gasteiger partial charge in [0.1, 0.15) is 0 Å². The summed E-state index contributed by atoms with van der Waals surface area (Å²) in [5, 5.41) is 11.0. The van der Waals surface area contributed by atoms with Gasteiger partial charge in [-0.05, 0) is 18.1 Å². The second kappa shape index (κ2) is 6.80. The maximum Gasteiger partial charge on any atom is 0.315 e. The molecule has 2 N–H and O–H groups in total. The van der Waals surface area contributed by atoms with E-state index in [0.717, 1.165) is 12.8 Å². The molecular weight excluding hydrogens is 236 g/mol. The van der Waals surface area contributed by atoms with Gasteiger partial charge in [0.15, 0.2) is 5.75 Å². The van der Waals surface area contributed by atoms with Crippen molar-refractivity contribution in [2.45, 2.75) is 26.3 Å². The molecule has 6 heteroatoms. The Morgan fingerprint density at radius 3 is 2.67 bits per heavy atom. The standard InChI is InChI=1S/C12H18N2O4/c1-3-4-5-18-12-10(14(15)16)6-9(8-13)7-11(12)17-2/h6-7H,3-5,8,13H2,1-2H3. The van der Waals surface area contributed by atoms with Crippen LogP contribution in [-0.4, -0.2) is 18.6 Å². The molecule has 0 aliphatic heterocycles. The molecule has 0 spiro atoms. The average Bonchev–Trinajstić information content (AvgIpc) is 2.38. The van der Waals surface area contributed by atoms with Gasteiger partial charge in [-0.3, -0.25) is 10.1 Å². The molecule has 0 radical (unpaired) electrons. The lowest BCUT2D eigenvalue weighted by Crippen LogP contribution is -2.05. The number of ether oxygens (including phenoxy) is 2. The molecule has 0 saturated heterocycles. The van der Waals surface area contributed by atoms with Crippen molar-refractivity contribution in [3.8, 4) is 11.5 Å². The predicted molar refractivity (Wildman–Crippen MR) is 67.9 cm³/mol. The molecular formula is C12H18N2O4. The molecule has 0 amide bonds. The SMILES string of the molecule is CCCCOc1c(OC)cc(CN)cc1[N+](=O)[O-]. The normalized spacial score (nSPS) is 10.2. The fourth-order valence-electron chi connectivity index (χ4n) is 1.51. The van der Waals surface area contributed by atoms with Crippen LogP contribution >= 0.6 is 0 Å². The Morgan fingerprint density at radius 1 is 1.44 bits per heavy atom. The van der Waals surface area contributed by atoms with Crippen LogP contribution in [0.2, 0.25) is 0 Å². The smallest absolute Gasteiger partial charge is 0.315 e. The minimum atomic E-state index is -0.483. The molecule has 18 heavy (non-hydrogen) atoms. The van der Waals surface area contributed by atoms with E-state index in [9.17, 15) is 10.1 Å². The number of methoxy groups -OCH3 is 1. The molecule has 0 aromatic heterocycles. The summed E-state index contributed by atoms with van der Waals surface area (Å²) < 4.78 is 10.6. The van der Waals surface area contributed by atoms with E-state index in [4.69, 9.17) is 15.2 Å². The Morgan fingerprint density at radius 2 is 2.17 bits per heavy atom. The summed E-state index contributed by atoms with van der Waals surface area (Å²) in [5.74, 6) is 0.522. The second-order valence-electron chi connectivity index (χ2n) is 3.81. The minimum absolute atomic E-state index is 0.106. The molecule has 0 heterocycles. The lowest BCUT2D eigenvalue weighted by Gasteiger charge is -2.12. The van der Waals surface area contributed by atoms with E-state index in [1.54, 1.807) is 6.07 Å². The molecule has 1 aromatic carbocycles. The molecule has 100 valence electrons. The summed E-state index contributed by atoms with van der Waals surface area (Å²) in [4.78, 5) is 10.5. The van der Waals surface area contributed by atoms with Crippen LogP contribution in [0.25, 0.3) is 0 Å². The molecule has 0 aliphatic rings. The number of rotatable bonds is 7. The van der Waals surface area contributed by atoms with E-state index in [2.05, 4.69) is 0 Å². The Labute approximate surface area is 106 Å². The zero-order valence-corrected chi connectivity index (χ0v) is 10.6. The van der Waals surface area contributed by atoms with Gasteiger partial charge >= 0.3 is 5.69 Å². The first-order valence-electron chi connectivity index (χ1n) is 5.82. The number of nitrogens with zero attached hydrogens (tertiary/aromatic N) is 1. The van der Waals surface area contributed by atoms with Crippen molar-refractivity contribution in [3.63, 3.8) is 0 Å². The first-order valence-corrected chi connectivity index (χ1v) is 5.82. The summed E-state index contributed by atoms with van der Waals surface area (Å²) in [7, 11) is 1.45. The molecule has 0 unspecified atom stereocenters. The van der Waals surface area contributed by atoms with Crippen LogP contribution < -0.4 is 15.2 Å². The van der Waals surface area contributed by atoms with Gasteiger partial charge < -0.3 is 15.2 Å². The molecule has 0 bridgehead atoms. The number of unbranched alkanes of at least 4 members (excludes halogenated alkanes) is 1. The van der Waals surface area contributed by atoms with Crippen LogP contribution in [-0.2, 0) is 6.54 Å². The van der Waals surface area contributed by atoms with Gasteiger partial charge in [-0.15, -0.1) is 0 Å². The van der Waals surface area contributed by atoms with Crippen LogP contribution in [0.5, 0.6) is 11.5 Å². The second-order valence-corrected chi connectivity index (χ2v) is 3.81. The monoisotopic (exact) mass is 254 g/mol. The van der Waals surface area contributed by atoms with Crippen LogP contribution in [0.3, 0.4) is 0 Å². The van der Waals surface area contributed by atoms with E-state index in [1.807, 2.05) is 6.92 Å². The number of nitro groups is 1. The van der Waals surface area contributed by atoms with E-state index >= 15 is 0 Å². The highest BCUT2D eigenvalue weighted by Crippen LogP contribution is 2.38. The van der Waals surface area contributed by atoms with Gasteiger partial charge in [0.05, 0.1) is 18.6 Å². The van der Waals surface area contributed by atoms with Crippen LogP contribution in [0.15, 0.2) is 12.1 Å². The summed E-state index contributed by atoms with van der Waals surface area (Å²) in [6.45, 7) is 2.66. The quantitative estimate of drug-likeness (QED) is 0.458. The zero-order valence-electron chi connectivity index (χ0n) is 10.6. The lowest BCUT2D eigenvalue weighted by molar-refractivity contribution is -0.386. The molecule has 0 atom stereocenters. The fraction of sp³-hybridized carbons (Fsp3) is 0.500. The van der Waals surface area contributed by atoms with Crippen molar-refractivity contribution in [3.05, 3.63) is 27.8 Å². The zero-order chi connectivity index (χ0) is 13.5. The maximum absolute atomic E-state index is 11.0. The molecule has 1 aromatic rings. The third kappa shape index (κ3) is 3.33. The van der Waals surface area contributed by atoms with Crippen molar-refractivity contribution in [1.82, 2.24) is 0 Å². The molecule has 0 saturated carbocycles. The Balaban J connectivity index is 3.13. The molecule has 0 fully saturated rings. The summed E-state index contributed by atoms with van der Waals surface area (Å²) in [5.41, 5.74) is 6.03. The highest BCUT2D eigenvalue weighted by atomic mass is 16.6. The van der Waals surface area contributed by atoms with Crippen molar-refractivity contribution < 1.29 is 14.4 Å². The number of hydrogen-bond acceptors (Lipinski definition) is 5. The third-order valence-corrected chi connectivity index (χ3v) is 2.49. The summed E-state index contributed by atoms with van der Waals surface area (Å²) >= 11 is 0. The Kier molecular flexibility index (Phi) is 5.38. The van der Waals surface area contributed by atoms with Crippen molar-refractivity contribution in [1.29, 1.82) is 0 Å². The lowest BCUT2D eigenvalue weighted by atomic mass is 10.1. The van der Waals surface area contributed by atoms with E-state index in [-0.39, 0.29) is 18.0 Å². The number of nitro benzene ring substituents is 1. The van der Waals surface area contributed by atoms with Gasteiger partial charge in [-0.2, -0.15) is 0 Å². The first kappa shape index (κ1) is 14.2. The number of hydrogen-bond donors (Lipinski definition) is 1. The van der Waals surface area contributed by atoms with Crippen LogP contribution in [0.1, 0.15) is 25.3 Å². The highest BCUT2D eigenvalue weighted by Gasteiger charge is 2.21. The van der Waals surface area contributed by atoms with Crippen molar-refractivity contribution >= 4 is 5.69 Å². The Bertz CT molecular complexity index is 421. The average molecular weight is 254 g/mol. The van der Waals surface area contributed by atoms with Gasteiger partial charge in [0, 0.05) is 12.6 Å². The van der Waals surface area contributed by atoms with Crippen molar-refractivity contribution in [2.75, 3.05) is 13.7 Å². The largest absolute Gasteiger partial charge is 0.493 e. The molecule has 6 nitrogen and oxygen atoms in total. The van der Waals surface area contributed by atoms with Crippen LogP contribution in [0.4, 0.5) is 5.69 Å². The van der Waals surface area contributed by atoms with E-state index in [0.29, 0.717) is 17.9 Å². The van der Waals surface area contributed by atoms with Gasteiger partial charge in [-0.1, -0.05) is 13.3 Å². The Hall–Kier alpha value is -1.82. The van der Waals surface area contributed by atoms with Gasteiger partial charge in [0.25, 0.3) is 0 Å². The van der Waals surface area contributed by atoms with E-state index in [1.165, 1.54) is 13.2 Å². The topological polar surface area (TPSA) is 87.6 Å². The van der Waals surface area contributed by atoms with Gasteiger partial charge in [-0.25, -0.2) is 0 Å². The summed E-state index contributed by atoms with van der Waals surface area (Å²) in [6, 6.07) is 3.08. The summed E-state index contributed by atoms with van der Waals surface area (Å²) in [6.07, 6.45) is 1.79. The van der Waals surface area contributed by atoms with E-state index < -0.39 is 4.92 Å². The maximum atomic E-state index is 11.0. The number of benzene rings is 1.